The second-order valence-corrected chi connectivity index (χ2v) is 5.49. The SMILES string of the molecule is C/C=C/C(=O)Nc1ccc(CNC(=O)c2cccc(OC(C)=O)c2)cc1. The molecule has 0 heterocycles. The van der Waals surface area contributed by atoms with Crippen molar-refractivity contribution in [2.45, 2.75) is 20.4 Å². The number of carbonyl (C=O) groups is 3. The molecule has 2 amide bonds. The first kappa shape index (κ1) is 18.9. The molecular weight excluding hydrogens is 332 g/mol. The van der Waals surface area contributed by atoms with Crippen molar-refractivity contribution < 1.29 is 19.1 Å². The molecule has 0 saturated carbocycles. The van der Waals surface area contributed by atoms with Crippen LogP contribution >= 0.6 is 0 Å². The fourth-order valence-corrected chi connectivity index (χ4v) is 2.19. The van der Waals surface area contributed by atoms with Crippen LogP contribution in [-0.4, -0.2) is 17.8 Å². The predicted molar refractivity (Wildman–Crippen MR) is 98.8 cm³/mol. The van der Waals surface area contributed by atoms with Crippen molar-refractivity contribution in [2.75, 3.05) is 5.32 Å². The normalized spacial score (nSPS) is 10.4. The van der Waals surface area contributed by atoms with Crippen molar-refractivity contribution in [2.24, 2.45) is 0 Å². The van der Waals surface area contributed by atoms with E-state index in [0.29, 0.717) is 23.5 Å². The molecule has 0 bridgehead atoms. The van der Waals surface area contributed by atoms with E-state index in [1.54, 1.807) is 43.3 Å². The summed E-state index contributed by atoms with van der Waals surface area (Å²) in [6.07, 6.45) is 3.10. The van der Waals surface area contributed by atoms with E-state index in [4.69, 9.17) is 4.74 Å². The van der Waals surface area contributed by atoms with Crippen LogP contribution in [0.4, 0.5) is 5.69 Å². The number of allylic oxidation sites excluding steroid dienone is 1. The number of hydrogen-bond donors (Lipinski definition) is 2. The van der Waals surface area contributed by atoms with Crippen LogP contribution in [0, 0.1) is 0 Å². The highest BCUT2D eigenvalue weighted by molar-refractivity contribution is 5.99. The lowest BCUT2D eigenvalue weighted by atomic mass is 10.1. The topological polar surface area (TPSA) is 84.5 Å². The second kappa shape index (κ2) is 9.17. The van der Waals surface area contributed by atoms with Gasteiger partial charge in [-0.05, 0) is 48.9 Å². The van der Waals surface area contributed by atoms with Crippen LogP contribution in [0.3, 0.4) is 0 Å². The smallest absolute Gasteiger partial charge is 0.308 e. The summed E-state index contributed by atoms with van der Waals surface area (Å²) in [5.74, 6) is -0.582. The molecule has 0 unspecified atom stereocenters. The van der Waals surface area contributed by atoms with Crippen LogP contribution in [0.5, 0.6) is 5.75 Å². The van der Waals surface area contributed by atoms with Crippen LogP contribution in [-0.2, 0) is 16.1 Å². The van der Waals surface area contributed by atoms with Gasteiger partial charge in [0.05, 0.1) is 0 Å². The van der Waals surface area contributed by atoms with Crippen molar-refractivity contribution >= 4 is 23.5 Å². The molecule has 2 aromatic carbocycles. The Morgan fingerprint density at radius 1 is 1.08 bits per heavy atom. The Morgan fingerprint density at radius 3 is 2.46 bits per heavy atom. The number of ether oxygens (including phenoxy) is 1. The maximum absolute atomic E-state index is 12.2. The molecule has 0 atom stereocenters. The van der Waals surface area contributed by atoms with Gasteiger partial charge in [-0.3, -0.25) is 14.4 Å². The summed E-state index contributed by atoms with van der Waals surface area (Å²) in [5, 5.41) is 5.53. The fourth-order valence-electron chi connectivity index (χ4n) is 2.19. The number of nitrogens with one attached hydrogen (secondary N) is 2. The van der Waals surface area contributed by atoms with Gasteiger partial charge in [0.25, 0.3) is 5.91 Å². The fraction of sp³-hybridized carbons (Fsp3) is 0.150. The average molecular weight is 352 g/mol. The van der Waals surface area contributed by atoms with Gasteiger partial charge in [0.1, 0.15) is 5.75 Å². The number of carbonyl (C=O) groups excluding carboxylic acids is 3. The summed E-state index contributed by atoms with van der Waals surface area (Å²) in [5.41, 5.74) is 1.97. The molecule has 0 aliphatic heterocycles. The van der Waals surface area contributed by atoms with Crippen molar-refractivity contribution in [3.8, 4) is 5.75 Å². The highest BCUT2D eigenvalue weighted by Gasteiger charge is 2.08. The van der Waals surface area contributed by atoms with E-state index in [0.717, 1.165) is 5.56 Å². The summed E-state index contributed by atoms with van der Waals surface area (Å²) in [4.78, 5) is 34.7. The van der Waals surface area contributed by atoms with Crippen LogP contribution in [0.15, 0.2) is 60.7 Å². The van der Waals surface area contributed by atoms with E-state index < -0.39 is 5.97 Å². The summed E-state index contributed by atoms with van der Waals surface area (Å²) >= 11 is 0. The van der Waals surface area contributed by atoms with Gasteiger partial charge in [-0.15, -0.1) is 0 Å². The molecule has 26 heavy (non-hydrogen) atoms. The molecule has 0 fully saturated rings. The zero-order chi connectivity index (χ0) is 18.9. The third-order valence-electron chi connectivity index (χ3n) is 3.35. The van der Waals surface area contributed by atoms with Crippen LogP contribution in [0.2, 0.25) is 0 Å². The molecule has 0 aliphatic carbocycles. The van der Waals surface area contributed by atoms with Gasteiger partial charge in [0.2, 0.25) is 5.91 Å². The lowest BCUT2D eigenvalue weighted by Crippen LogP contribution is -2.22. The first-order valence-corrected chi connectivity index (χ1v) is 8.07. The highest BCUT2D eigenvalue weighted by Crippen LogP contribution is 2.14. The minimum atomic E-state index is -0.441. The quantitative estimate of drug-likeness (QED) is 0.475. The molecular formula is C20H20N2O4. The molecule has 0 aliphatic rings. The molecule has 6 nitrogen and oxygen atoms in total. The zero-order valence-corrected chi connectivity index (χ0v) is 14.6. The number of rotatable bonds is 6. The van der Waals surface area contributed by atoms with Crippen molar-refractivity contribution in [3.05, 3.63) is 71.8 Å². The first-order valence-electron chi connectivity index (χ1n) is 8.07. The van der Waals surface area contributed by atoms with E-state index in [9.17, 15) is 14.4 Å². The van der Waals surface area contributed by atoms with Gasteiger partial charge >= 0.3 is 5.97 Å². The van der Waals surface area contributed by atoms with Crippen molar-refractivity contribution in [3.63, 3.8) is 0 Å². The Kier molecular flexibility index (Phi) is 6.68. The van der Waals surface area contributed by atoms with Gasteiger partial charge in [0, 0.05) is 24.7 Å². The maximum atomic E-state index is 12.2. The molecule has 0 spiro atoms. The molecule has 2 rings (SSSR count). The molecule has 2 N–H and O–H groups in total. The Labute approximate surface area is 151 Å². The Hall–Kier alpha value is -3.41. The third kappa shape index (κ3) is 5.90. The molecule has 0 aromatic heterocycles. The molecule has 2 aromatic rings. The van der Waals surface area contributed by atoms with Crippen molar-refractivity contribution in [1.82, 2.24) is 5.32 Å². The van der Waals surface area contributed by atoms with Crippen LogP contribution < -0.4 is 15.4 Å². The van der Waals surface area contributed by atoms with Crippen molar-refractivity contribution in [1.29, 1.82) is 0 Å². The molecule has 0 radical (unpaired) electrons. The minimum absolute atomic E-state index is 0.193. The van der Waals surface area contributed by atoms with E-state index in [-0.39, 0.29) is 11.8 Å². The van der Waals surface area contributed by atoms with Gasteiger partial charge in [-0.25, -0.2) is 0 Å². The van der Waals surface area contributed by atoms with Gasteiger partial charge in [-0.1, -0.05) is 24.3 Å². The Balaban J connectivity index is 1.93. The van der Waals surface area contributed by atoms with E-state index in [2.05, 4.69) is 10.6 Å². The Bertz CT molecular complexity index is 826. The molecule has 6 heteroatoms. The van der Waals surface area contributed by atoms with E-state index in [1.165, 1.54) is 19.1 Å². The lowest BCUT2D eigenvalue weighted by Gasteiger charge is -2.08. The third-order valence-corrected chi connectivity index (χ3v) is 3.35. The number of esters is 1. The number of anilines is 1. The highest BCUT2D eigenvalue weighted by atomic mass is 16.5. The van der Waals surface area contributed by atoms with E-state index in [1.807, 2.05) is 12.1 Å². The number of hydrogen-bond acceptors (Lipinski definition) is 4. The number of amides is 2. The summed E-state index contributed by atoms with van der Waals surface area (Å²) in [6.45, 7) is 3.41. The lowest BCUT2D eigenvalue weighted by molar-refractivity contribution is -0.131. The van der Waals surface area contributed by atoms with Crippen LogP contribution in [0.25, 0.3) is 0 Å². The maximum Gasteiger partial charge on any atom is 0.308 e. The first-order chi connectivity index (χ1) is 12.5. The van der Waals surface area contributed by atoms with Crippen LogP contribution in [0.1, 0.15) is 29.8 Å². The molecule has 0 saturated heterocycles. The van der Waals surface area contributed by atoms with E-state index >= 15 is 0 Å². The summed E-state index contributed by atoms with van der Waals surface area (Å²) in [6, 6.07) is 13.6. The second-order valence-electron chi connectivity index (χ2n) is 5.49. The van der Waals surface area contributed by atoms with Gasteiger partial charge < -0.3 is 15.4 Å². The molecule has 134 valence electrons. The zero-order valence-electron chi connectivity index (χ0n) is 14.6. The minimum Gasteiger partial charge on any atom is -0.427 e. The Morgan fingerprint density at radius 2 is 1.81 bits per heavy atom. The van der Waals surface area contributed by atoms with Gasteiger partial charge in [0.15, 0.2) is 0 Å². The largest absolute Gasteiger partial charge is 0.427 e. The number of benzene rings is 2. The average Bonchev–Trinajstić information content (AvgIpc) is 2.60. The van der Waals surface area contributed by atoms with Gasteiger partial charge in [-0.2, -0.15) is 0 Å². The summed E-state index contributed by atoms with van der Waals surface area (Å²) in [7, 11) is 0. The summed E-state index contributed by atoms with van der Waals surface area (Å²) < 4.78 is 4.97. The monoisotopic (exact) mass is 352 g/mol. The predicted octanol–water partition coefficient (Wildman–Crippen LogP) is 3.06. The standard InChI is InChI=1S/C20H20N2O4/c1-3-5-19(24)22-17-10-8-15(9-11-17)13-21-20(25)16-6-4-7-18(12-16)26-14(2)23/h3-12H,13H2,1-2H3,(H,21,25)(H,22,24)/b5-3+.